The number of benzene rings is 3. The minimum absolute atomic E-state index is 0.197. The molecule has 0 spiro atoms. The van der Waals surface area contributed by atoms with Crippen LogP contribution in [0.4, 0.5) is 4.79 Å². The number of likely N-dealkylation sites (tertiary alicyclic amines) is 1. The van der Waals surface area contributed by atoms with Gasteiger partial charge in [0.2, 0.25) is 0 Å². The molecule has 1 saturated heterocycles. The lowest BCUT2D eigenvalue weighted by Gasteiger charge is -2.18. The van der Waals surface area contributed by atoms with E-state index < -0.39 is 18.3 Å². The summed E-state index contributed by atoms with van der Waals surface area (Å²) in [6.45, 7) is 0.697. The highest BCUT2D eigenvalue weighted by Crippen LogP contribution is 2.28. The van der Waals surface area contributed by atoms with Crippen LogP contribution in [-0.2, 0) is 11.3 Å². The van der Waals surface area contributed by atoms with E-state index in [9.17, 15) is 9.90 Å². The van der Waals surface area contributed by atoms with Crippen LogP contribution in [0, 0.1) is 0 Å². The molecule has 0 saturated carbocycles. The molecule has 0 radical (unpaired) electrons. The number of aliphatic hydroxyl groups is 1. The van der Waals surface area contributed by atoms with Crippen LogP contribution in [0.1, 0.15) is 5.56 Å². The van der Waals surface area contributed by atoms with Gasteiger partial charge in [-0.2, -0.15) is 0 Å². The van der Waals surface area contributed by atoms with E-state index >= 15 is 0 Å². The Kier molecular flexibility index (Phi) is 4.94. The molecule has 4 rings (SSSR count). The molecule has 2 atom stereocenters. The van der Waals surface area contributed by atoms with E-state index in [1.807, 2.05) is 72.8 Å². The van der Waals surface area contributed by atoms with Crippen molar-refractivity contribution in [2.75, 3.05) is 13.1 Å². The first-order valence-electron chi connectivity index (χ1n) is 8.99. The zero-order valence-electron chi connectivity index (χ0n) is 14.8. The predicted molar refractivity (Wildman–Crippen MR) is 103 cm³/mol. The van der Waals surface area contributed by atoms with Crippen LogP contribution >= 0.6 is 0 Å². The van der Waals surface area contributed by atoms with Gasteiger partial charge in [-0.25, -0.2) is 4.79 Å². The molecular formula is C22H21NO4. The fourth-order valence-electron chi connectivity index (χ4n) is 3.29. The second kappa shape index (κ2) is 7.68. The van der Waals surface area contributed by atoms with Crippen LogP contribution in [0.15, 0.2) is 72.8 Å². The van der Waals surface area contributed by atoms with Crippen molar-refractivity contribution in [1.82, 2.24) is 4.90 Å². The van der Waals surface area contributed by atoms with Crippen molar-refractivity contribution < 1.29 is 19.4 Å². The van der Waals surface area contributed by atoms with Gasteiger partial charge in [0.05, 0.1) is 13.1 Å². The highest BCUT2D eigenvalue weighted by molar-refractivity contribution is 5.88. The summed E-state index contributed by atoms with van der Waals surface area (Å²) in [5.74, 6) is 0.705. The summed E-state index contributed by atoms with van der Waals surface area (Å²) in [5, 5.41) is 12.4. The van der Waals surface area contributed by atoms with E-state index in [0.717, 1.165) is 16.3 Å². The van der Waals surface area contributed by atoms with E-state index in [0.29, 0.717) is 5.75 Å². The largest absolute Gasteiger partial charge is 0.485 e. The molecule has 1 fully saturated rings. The van der Waals surface area contributed by atoms with E-state index in [-0.39, 0.29) is 19.7 Å². The van der Waals surface area contributed by atoms with Crippen molar-refractivity contribution in [3.05, 3.63) is 78.4 Å². The quantitative estimate of drug-likeness (QED) is 0.769. The number of nitrogens with zero attached hydrogens (tertiary/aromatic N) is 1. The third-order valence-corrected chi connectivity index (χ3v) is 4.73. The molecule has 1 aliphatic heterocycles. The lowest BCUT2D eigenvalue weighted by Crippen LogP contribution is -2.31. The zero-order valence-corrected chi connectivity index (χ0v) is 14.8. The Morgan fingerprint density at radius 1 is 0.963 bits per heavy atom. The van der Waals surface area contributed by atoms with Gasteiger partial charge in [-0.05, 0) is 17.0 Å². The van der Waals surface area contributed by atoms with Crippen LogP contribution in [0.5, 0.6) is 5.75 Å². The minimum atomic E-state index is -0.756. The van der Waals surface area contributed by atoms with Gasteiger partial charge in [0, 0.05) is 5.39 Å². The van der Waals surface area contributed by atoms with Crippen molar-refractivity contribution in [3.8, 4) is 5.75 Å². The summed E-state index contributed by atoms with van der Waals surface area (Å²) < 4.78 is 11.4. The number of hydrogen-bond acceptors (Lipinski definition) is 4. The molecule has 0 bridgehead atoms. The number of aliphatic hydroxyl groups excluding tert-OH is 1. The minimum Gasteiger partial charge on any atom is -0.485 e. The number of carbonyl (C=O) groups excluding carboxylic acids is 1. The molecule has 5 heteroatoms. The molecule has 1 amide bonds. The number of rotatable bonds is 4. The molecular weight excluding hydrogens is 342 g/mol. The van der Waals surface area contributed by atoms with E-state index in [1.54, 1.807) is 0 Å². The number of β-amino-alcohol motifs (C(OH)–C–C–N with tert-alkyl or cyclic N) is 1. The summed E-state index contributed by atoms with van der Waals surface area (Å²) in [6.07, 6.45) is -1.68. The standard InChI is InChI=1S/C22H21NO4/c24-19-13-23(22(25)26-15-16-7-2-1-3-8-16)14-21(19)27-20-12-6-10-17-9-4-5-11-18(17)20/h1-12,19,21,24H,13-15H2/t19-,21-/m0/s1. The van der Waals surface area contributed by atoms with Gasteiger partial charge in [-0.1, -0.05) is 66.7 Å². The average Bonchev–Trinajstić information content (AvgIpc) is 3.08. The van der Waals surface area contributed by atoms with Crippen LogP contribution in [0.25, 0.3) is 10.8 Å². The summed E-state index contributed by atoms with van der Waals surface area (Å²) in [5.41, 5.74) is 0.925. The fourth-order valence-corrected chi connectivity index (χ4v) is 3.29. The van der Waals surface area contributed by atoms with Gasteiger partial charge in [0.1, 0.15) is 24.6 Å². The van der Waals surface area contributed by atoms with Gasteiger partial charge in [0.25, 0.3) is 0 Å². The van der Waals surface area contributed by atoms with Gasteiger partial charge in [0.15, 0.2) is 0 Å². The molecule has 3 aromatic carbocycles. The van der Waals surface area contributed by atoms with Gasteiger partial charge in [-0.15, -0.1) is 0 Å². The molecule has 0 unspecified atom stereocenters. The summed E-state index contributed by atoms with van der Waals surface area (Å²) in [7, 11) is 0. The highest BCUT2D eigenvalue weighted by Gasteiger charge is 2.36. The number of hydrogen-bond donors (Lipinski definition) is 1. The SMILES string of the molecule is O=C(OCc1ccccc1)N1C[C@H](Oc2cccc3ccccc23)[C@@H](O)C1. The van der Waals surface area contributed by atoms with E-state index in [2.05, 4.69) is 0 Å². The Morgan fingerprint density at radius 3 is 2.56 bits per heavy atom. The highest BCUT2D eigenvalue weighted by atomic mass is 16.6. The van der Waals surface area contributed by atoms with Crippen LogP contribution < -0.4 is 4.74 Å². The lowest BCUT2D eigenvalue weighted by molar-refractivity contribution is 0.0745. The summed E-state index contributed by atoms with van der Waals surface area (Å²) in [6, 6.07) is 23.3. The number of amides is 1. The second-order valence-corrected chi connectivity index (χ2v) is 6.65. The van der Waals surface area contributed by atoms with Crippen molar-refractivity contribution in [2.45, 2.75) is 18.8 Å². The maximum absolute atomic E-state index is 12.3. The number of carbonyl (C=O) groups is 1. The smallest absolute Gasteiger partial charge is 0.410 e. The van der Waals surface area contributed by atoms with Gasteiger partial charge in [-0.3, -0.25) is 0 Å². The monoisotopic (exact) mass is 363 g/mol. The van der Waals surface area contributed by atoms with Crippen LogP contribution in [0.2, 0.25) is 0 Å². The van der Waals surface area contributed by atoms with Gasteiger partial charge < -0.3 is 19.5 Å². The van der Waals surface area contributed by atoms with Crippen molar-refractivity contribution in [3.63, 3.8) is 0 Å². The van der Waals surface area contributed by atoms with Gasteiger partial charge >= 0.3 is 6.09 Å². The first-order chi connectivity index (χ1) is 13.2. The predicted octanol–water partition coefficient (Wildman–Crippen LogP) is 3.60. The normalized spacial score (nSPS) is 19.2. The Balaban J connectivity index is 1.40. The Hall–Kier alpha value is -3.05. The fraction of sp³-hybridized carbons (Fsp3) is 0.227. The molecule has 1 heterocycles. The molecule has 5 nitrogen and oxygen atoms in total. The third kappa shape index (κ3) is 3.88. The lowest BCUT2D eigenvalue weighted by atomic mass is 10.1. The zero-order chi connectivity index (χ0) is 18.6. The number of fused-ring (bicyclic) bond motifs is 1. The first kappa shape index (κ1) is 17.4. The molecule has 27 heavy (non-hydrogen) atoms. The number of ether oxygens (including phenoxy) is 2. The van der Waals surface area contributed by atoms with Crippen LogP contribution in [0.3, 0.4) is 0 Å². The van der Waals surface area contributed by atoms with Crippen molar-refractivity contribution in [2.24, 2.45) is 0 Å². The molecule has 138 valence electrons. The Bertz CT molecular complexity index is 923. The Labute approximate surface area is 157 Å². The molecule has 1 N–H and O–H groups in total. The molecule has 0 aromatic heterocycles. The molecule has 0 aliphatic carbocycles. The van der Waals surface area contributed by atoms with Crippen molar-refractivity contribution >= 4 is 16.9 Å². The first-order valence-corrected chi connectivity index (χ1v) is 8.99. The second-order valence-electron chi connectivity index (χ2n) is 6.65. The Morgan fingerprint density at radius 2 is 1.70 bits per heavy atom. The topological polar surface area (TPSA) is 59.0 Å². The maximum atomic E-state index is 12.3. The van der Waals surface area contributed by atoms with Crippen molar-refractivity contribution in [1.29, 1.82) is 0 Å². The van der Waals surface area contributed by atoms with Crippen LogP contribution in [-0.4, -0.2) is 41.4 Å². The third-order valence-electron chi connectivity index (χ3n) is 4.73. The summed E-state index contributed by atoms with van der Waals surface area (Å²) >= 11 is 0. The molecule has 3 aromatic rings. The molecule has 1 aliphatic rings. The van der Waals surface area contributed by atoms with E-state index in [4.69, 9.17) is 9.47 Å². The maximum Gasteiger partial charge on any atom is 0.410 e. The van der Waals surface area contributed by atoms with E-state index in [1.165, 1.54) is 4.90 Å². The summed E-state index contributed by atoms with van der Waals surface area (Å²) in [4.78, 5) is 13.8. The average molecular weight is 363 g/mol.